The predicted octanol–water partition coefficient (Wildman–Crippen LogP) is 2.65. The third-order valence-corrected chi connectivity index (χ3v) is 4.20. The summed E-state index contributed by atoms with van der Waals surface area (Å²) in [5.41, 5.74) is 3.97. The van der Waals surface area contributed by atoms with Crippen LogP contribution in [0, 0.1) is 0 Å². The molecule has 106 valence electrons. The van der Waals surface area contributed by atoms with Gasteiger partial charge in [-0.2, -0.15) is 0 Å². The minimum absolute atomic E-state index is 0.383. The molecular weight excluding hydrogens is 248 g/mol. The normalized spacial score (nSPS) is 15.1. The lowest BCUT2D eigenvalue weighted by Crippen LogP contribution is -2.18. The van der Waals surface area contributed by atoms with Gasteiger partial charge in [-0.3, -0.25) is 4.79 Å². The molecule has 1 heterocycles. The van der Waals surface area contributed by atoms with E-state index in [-0.39, 0.29) is 0 Å². The average Bonchev–Trinajstić information content (AvgIpc) is 2.73. The highest BCUT2D eigenvalue weighted by molar-refractivity contribution is 5.93. The standard InChI is InChI=1S/C17H22N2O/c1-18(2)10-5-11-19-16-7-4-3-6-14(16)15-12-13(20)8-9-17(15)19/h3-4,6-7H,5,8-12H2,1-2H3. The monoisotopic (exact) mass is 270 g/mol. The molecule has 0 amide bonds. The lowest BCUT2D eigenvalue weighted by Gasteiger charge is -2.16. The highest BCUT2D eigenvalue weighted by Crippen LogP contribution is 2.31. The topological polar surface area (TPSA) is 25.2 Å². The van der Waals surface area contributed by atoms with Gasteiger partial charge in [0, 0.05) is 36.0 Å². The molecule has 0 fully saturated rings. The first-order valence-corrected chi connectivity index (χ1v) is 7.42. The minimum atomic E-state index is 0.383. The Balaban J connectivity index is 2.00. The van der Waals surface area contributed by atoms with Crippen LogP contribution in [-0.2, 0) is 24.2 Å². The van der Waals surface area contributed by atoms with Crippen molar-refractivity contribution in [2.75, 3.05) is 20.6 Å². The zero-order valence-electron chi connectivity index (χ0n) is 12.4. The van der Waals surface area contributed by atoms with E-state index in [1.165, 1.54) is 22.2 Å². The maximum atomic E-state index is 11.8. The van der Waals surface area contributed by atoms with E-state index in [2.05, 4.69) is 47.8 Å². The van der Waals surface area contributed by atoms with E-state index < -0.39 is 0 Å². The summed E-state index contributed by atoms with van der Waals surface area (Å²) in [6.07, 6.45) is 3.38. The summed E-state index contributed by atoms with van der Waals surface area (Å²) >= 11 is 0. The van der Waals surface area contributed by atoms with Crippen molar-refractivity contribution in [2.24, 2.45) is 0 Å². The molecule has 1 aliphatic rings. The SMILES string of the molecule is CN(C)CCCn1c2c(c3ccccc31)CC(=O)CC2. The molecule has 0 saturated heterocycles. The second kappa shape index (κ2) is 5.41. The molecule has 0 bridgehead atoms. The Morgan fingerprint density at radius 1 is 1.20 bits per heavy atom. The van der Waals surface area contributed by atoms with E-state index in [9.17, 15) is 4.79 Å². The molecule has 0 atom stereocenters. The fourth-order valence-electron chi connectivity index (χ4n) is 3.25. The van der Waals surface area contributed by atoms with Crippen LogP contribution in [0.3, 0.4) is 0 Å². The Morgan fingerprint density at radius 2 is 2.00 bits per heavy atom. The summed E-state index contributed by atoms with van der Waals surface area (Å²) in [6.45, 7) is 2.14. The molecule has 0 spiro atoms. The molecule has 2 aromatic rings. The smallest absolute Gasteiger partial charge is 0.137 e. The summed E-state index contributed by atoms with van der Waals surface area (Å²) in [6, 6.07) is 8.52. The molecule has 3 rings (SSSR count). The Kier molecular flexibility index (Phi) is 3.62. The molecule has 1 aromatic carbocycles. The number of rotatable bonds is 4. The zero-order valence-corrected chi connectivity index (χ0v) is 12.4. The maximum absolute atomic E-state index is 11.8. The van der Waals surface area contributed by atoms with Crippen molar-refractivity contribution in [3.05, 3.63) is 35.5 Å². The number of ketones is 1. The second-order valence-corrected chi connectivity index (χ2v) is 5.97. The first-order valence-electron chi connectivity index (χ1n) is 7.42. The van der Waals surface area contributed by atoms with Gasteiger partial charge in [0.2, 0.25) is 0 Å². The number of hydrogen-bond donors (Lipinski definition) is 0. The Morgan fingerprint density at radius 3 is 2.80 bits per heavy atom. The van der Waals surface area contributed by atoms with Crippen molar-refractivity contribution < 1.29 is 4.79 Å². The lowest BCUT2D eigenvalue weighted by atomic mass is 9.94. The van der Waals surface area contributed by atoms with Gasteiger partial charge in [-0.1, -0.05) is 18.2 Å². The first-order chi connectivity index (χ1) is 9.66. The third kappa shape index (κ3) is 2.38. The molecule has 3 nitrogen and oxygen atoms in total. The average molecular weight is 270 g/mol. The van der Waals surface area contributed by atoms with Crippen molar-refractivity contribution in [3.8, 4) is 0 Å². The van der Waals surface area contributed by atoms with E-state index in [0.29, 0.717) is 18.6 Å². The van der Waals surface area contributed by atoms with Gasteiger partial charge >= 0.3 is 0 Å². The number of benzene rings is 1. The molecule has 0 radical (unpaired) electrons. The summed E-state index contributed by atoms with van der Waals surface area (Å²) in [5.74, 6) is 0.383. The number of carbonyl (C=O) groups excluding carboxylic acids is 1. The number of aromatic nitrogens is 1. The van der Waals surface area contributed by atoms with Crippen LogP contribution in [0.1, 0.15) is 24.1 Å². The van der Waals surface area contributed by atoms with Crippen LogP contribution < -0.4 is 0 Å². The fourth-order valence-corrected chi connectivity index (χ4v) is 3.25. The van der Waals surface area contributed by atoms with Crippen molar-refractivity contribution in [1.29, 1.82) is 0 Å². The van der Waals surface area contributed by atoms with Crippen LogP contribution in [0.25, 0.3) is 10.9 Å². The van der Waals surface area contributed by atoms with Gasteiger partial charge in [0.05, 0.1) is 0 Å². The molecule has 0 saturated carbocycles. The number of nitrogens with zero attached hydrogens (tertiary/aromatic N) is 2. The number of aryl methyl sites for hydroxylation is 1. The van der Waals surface area contributed by atoms with Crippen molar-refractivity contribution in [1.82, 2.24) is 9.47 Å². The van der Waals surface area contributed by atoms with E-state index in [1.807, 2.05) is 0 Å². The molecule has 1 aliphatic carbocycles. The summed E-state index contributed by atoms with van der Waals surface area (Å²) in [5, 5.41) is 1.28. The van der Waals surface area contributed by atoms with Gasteiger partial charge in [-0.05, 0) is 45.1 Å². The van der Waals surface area contributed by atoms with E-state index >= 15 is 0 Å². The third-order valence-electron chi connectivity index (χ3n) is 4.20. The number of fused-ring (bicyclic) bond motifs is 3. The molecule has 0 N–H and O–H groups in total. The van der Waals surface area contributed by atoms with Gasteiger partial charge in [0.1, 0.15) is 5.78 Å². The van der Waals surface area contributed by atoms with E-state index in [1.54, 1.807) is 0 Å². The van der Waals surface area contributed by atoms with Crippen LogP contribution in [0.5, 0.6) is 0 Å². The van der Waals surface area contributed by atoms with E-state index in [4.69, 9.17) is 0 Å². The number of hydrogen-bond acceptors (Lipinski definition) is 2. The molecule has 0 aliphatic heterocycles. The van der Waals surface area contributed by atoms with Crippen LogP contribution >= 0.6 is 0 Å². The van der Waals surface area contributed by atoms with Gasteiger partial charge in [0.25, 0.3) is 0 Å². The predicted molar refractivity (Wildman–Crippen MR) is 82.1 cm³/mol. The first kappa shape index (κ1) is 13.4. The lowest BCUT2D eigenvalue weighted by molar-refractivity contribution is -0.118. The molecule has 0 unspecified atom stereocenters. The highest BCUT2D eigenvalue weighted by Gasteiger charge is 2.23. The van der Waals surface area contributed by atoms with Crippen LogP contribution in [-0.4, -0.2) is 35.9 Å². The summed E-state index contributed by atoms with van der Waals surface area (Å²) < 4.78 is 2.45. The Labute approximate surface area is 120 Å². The van der Waals surface area contributed by atoms with Crippen molar-refractivity contribution in [2.45, 2.75) is 32.2 Å². The summed E-state index contributed by atoms with van der Waals surface area (Å²) in [4.78, 5) is 14.0. The minimum Gasteiger partial charge on any atom is -0.344 e. The van der Waals surface area contributed by atoms with Crippen LogP contribution in [0.2, 0.25) is 0 Å². The number of carbonyl (C=O) groups is 1. The van der Waals surface area contributed by atoms with Crippen LogP contribution in [0.15, 0.2) is 24.3 Å². The van der Waals surface area contributed by atoms with Crippen LogP contribution in [0.4, 0.5) is 0 Å². The largest absolute Gasteiger partial charge is 0.344 e. The number of Topliss-reactive ketones (excluding diaryl/α,β-unsaturated/α-hetero) is 1. The molecule has 3 heteroatoms. The second-order valence-electron chi connectivity index (χ2n) is 5.97. The van der Waals surface area contributed by atoms with Crippen molar-refractivity contribution >= 4 is 16.7 Å². The Bertz CT molecular complexity index is 640. The maximum Gasteiger partial charge on any atom is 0.137 e. The van der Waals surface area contributed by atoms with E-state index in [0.717, 1.165) is 25.9 Å². The van der Waals surface area contributed by atoms with Gasteiger partial charge < -0.3 is 9.47 Å². The van der Waals surface area contributed by atoms with Crippen molar-refractivity contribution in [3.63, 3.8) is 0 Å². The van der Waals surface area contributed by atoms with Gasteiger partial charge in [-0.25, -0.2) is 0 Å². The molecule has 1 aromatic heterocycles. The highest BCUT2D eigenvalue weighted by atomic mass is 16.1. The van der Waals surface area contributed by atoms with Gasteiger partial charge in [0.15, 0.2) is 0 Å². The molecule has 20 heavy (non-hydrogen) atoms. The molecular formula is C17H22N2O. The number of para-hydroxylation sites is 1. The zero-order chi connectivity index (χ0) is 14.1. The van der Waals surface area contributed by atoms with Gasteiger partial charge in [-0.15, -0.1) is 0 Å². The summed E-state index contributed by atoms with van der Waals surface area (Å²) in [7, 11) is 4.23. The fraction of sp³-hybridized carbons (Fsp3) is 0.471. The quantitative estimate of drug-likeness (QED) is 0.853. The Hall–Kier alpha value is -1.61.